The Morgan fingerprint density at radius 3 is 2.54 bits per heavy atom. The zero-order valence-corrected chi connectivity index (χ0v) is 17.6. The van der Waals surface area contributed by atoms with Crippen molar-refractivity contribution in [2.75, 3.05) is 30.9 Å². The van der Waals surface area contributed by atoms with Crippen LogP contribution in [0.5, 0.6) is 0 Å². The van der Waals surface area contributed by atoms with Crippen LogP contribution in [0.2, 0.25) is 5.02 Å². The van der Waals surface area contributed by atoms with Crippen molar-refractivity contribution in [3.05, 3.63) is 58.7 Å². The smallest absolute Gasteiger partial charge is 0.0716 e. The van der Waals surface area contributed by atoms with Gasteiger partial charge in [0.2, 0.25) is 0 Å². The Kier molecular flexibility index (Phi) is 4.79. The van der Waals surface area contributed by atoms with Crippen molar-refractivity contribution in [2.45, 2.75) is 30.2 Å². The zero-order valence-electron chi connectivity index (χ0n) is 16.0. The summed E-state index contributed by atoms with van der Waals surface area (Å²) >= 11 is 8.00. The lowest BCUT2D eigenvalue weighted by Crippen LogP contribution is -2.48. The Hall–Kier alpha value is -1.66. The summed E-state index contributed by atoms with van der Waals surface area (Å²) in [6, 6.07) is 13.1. The number of rotatable bonds is 5. The van der Waals surface area contributed by atoms with Crippen LogP contribution in [0, 0.1) is 6.92 Å². The van der Waals surface area contributed by atoms with Crippen molar-refractivity contribution in [2.24, 2.45) is 0 Å². The van der Waals surface area contributed by atoms with E-state index in [2.05, 4.69) is 51.1 Å². The Bertz CT molecular complexity index is 988. The number of nitrogens with one attached hydrogen (secondary N) is 3. The second-order valence-corrected chi connectivity index (χ2v) is 9.10. The van der Waals surface area contributed by atoms with Gasteiger partial charge in [-0.25, -0.2) is 0 Å². The maximum absolute atomic E-state index is 6.36. The SMILES string of the molecule is Cc1c[nH]c2c(NSc3ccc(C4(N5CCNCC5)CC4)cc3)ccc(Cl)c12. The van der Waals surface area contributed by atoms with Gasteiger partial charge in [-0.2, -0.15) is 0 Å². The zero-order chi connectivity index (χ0) is 19.1. The molecule has 2 aliphatic rings. The Balaban J connectivity index is 1.31. The molecule has 2 heterocycles. The molecule has 0 atom stereocenters. The quantitative estimate of drug-likeness (QED) is 0.507. The topological polar surface area (TPSA) is 43.1 Å². The number of H-pyrrole nitrogens is 1. The van der Waals surface area contributed by atoms with Gasteiger partial charge < -0.3 is 15.0 Å². The van der Waals surface area contributed by atoms with Crippen molar-refractivity contribution in [1.82, 2.24) is 15.2 Å². The van der Waals surface area contributed by atoms with E-state index in [0.717, 1.165) is 47.8 Å². The maximum Gasteiger partial charge on any atom is 0.0716 e. The van der Waals surface area contributed by atoms with Crippen molar-refractivity contribution >= 4 is 40.1 Å². The third-order valence-electron chi connectivity index (χ3n) is 6.10. The van der Waals surface area contributed by atoms with Crippen molar-refractivity contribution < 1.29 is 0 Å². The summed E-state index contributed by atoms with van der Waals surface area (Å²) in [5.74, 6) is 0. The van der Waals surface area contributed by atoms with Gasteiger partial charge in [0.05, 0.1) is 16.2 Å². The van der Waals surface area contributed by atoms with Crippen LogP contribution in [0.15, 0.2) is 47.5 Å². The summed E-state index contributed by atoms with van der Waals surface area (Å²) in [5.41, 5.74) is 5.04. The van der Waals surface area contributed by atoms with E-state index in [0.29, 0.717) is 5.54 Å². The van der Waals surface area contributed by atoms with E-state index >= 15 is 0 Å². The molecule has 0 amide bonds. The molecule has 0 spiro atoms. The number of piperazine rings is 1. The lowest BCUT2D eigenvalue weighted by atomic mass is 10.0. The molecule has 146 valence electrons. The highest BCUT2D eigenvalue weighted by molar-refractivity contribution is 8.00. The number of benzene rings is 2. The van der Waals surface area contributed by atoms with Gasteiger partial charge in [-0.3, -0.25) is 4.90 Å². The van der Waals surface area contributed by atoms with Gasteiger partial charge >= 0.3 is 0 Å². The number of aromatic nitrogens is 1. The van der Waals surface area contributed by atoms with E-state index in [9.17, 15) is 0 Å². The largest absolute Gasteiger partial charge is 0.359 e. The Morgan fingerprint density at radius 2 is 1.82 bits per heavy atom. The Labute approximate surface area is 175 Å². The van der Waals surface area contributed by atoms with Crippen LogP contribution in [0.3, 0.4) is 0 Å². The minimum atomic E-state index is 0.294. The average Bonchev–Trinajstić information content (AvgIpc) is 3.45. The van der Waals surface area contributed by atoms with Crippen LogP contribution >= 0.6 is 23.5 Å². The molecular weight excluding hydrogens is 388 g/mol. The lowest BCUT2D eigenvalue weighted by molar-refractivity contribution is 0.154. The number of halogens is 1. The van der Waals surface area contributed by atoms with E-state index in [4.69, 9.17) is 11.6 Å². The second kappa shape index (κ2) is 7.30. The monoisotopic (exact) mass is 412 g/mol. The van der Waals surface area contributed by atoms with Crippen LogP contribution in [-0.4, -0.2) is 36.1 Å². The van der Waals surface area contributed by atoms with E-state index < -0.39 is 0 Å². The van der Waals surface area contributed by atoms with Gasteiger partial charge in [0.25, 0.3) is 0 Å². The number of aryl methyl sites for hydroxylation is 1. The lowest BCUT2D eigenvalue weighted by Gasteiger charge is -2.35. The first-order valence-corrected chi connectivity index (χ1v) is 11.1. The number of aromatic amines is 1. The summed E-state index contributed by atoms with van der Waals surface area (Å²) in [6.45, 7) is 6.59. The normalized spacial score (nSPS) is 19.1. The molecule has 1 aromatic heterocycles. The van der Waals surface area contributed by atoms with Gasteiger partial charge in [0.1, 0.15) is 0 Å². The van der Waals surface area contributed by atoms with Crippen molar-refractivity contribution in [1.29, 1.82) is 0 Å². The number of fused-ring (bicyclic) bond motifs is 1. The van der Waals surface area contributed by atoms with Crippen LogP contribution in [-0.2, 0) is 5.54 Å². The first-order chi connectivity index (χ1) is 13.7. The van der Waals surface area contributed by atoms with Gasteiger partial charge in [0, 0.05) is 48.2 Å². The predicted molar refractivity (Wildman–Crippen MR) is 119 cm³/mol. The number of hydrogen-bond donors (Lipinski definition) is 3. The average molecular weight is 413 g/mol. The molecule has 28 heavy (non-hydrogen) atoms. The standard InChI is InChI=1S/C22H25ClN4S/c1-15-14-25-21-19(7-6-18(23)20(15)21)26-28-17-4-2-16(3-5-17)22(8-9-22)27-12-10-24-11-13-27/h2-7,14,24-26H,8-13H2,1H3. The summed E-state index contributed by atoms with van der Waals surface area (Å²) in [4.78, 5) is 7.22. The third-order valence-corrected chi connectivity index (χ3v) is 7.24. The third kappa shape index (κ3) is 3.20. The molecule has 6 heteroatoms. The van der Waals surface area contributed by atoms with E-state index in [1.807, 2.05) is 18.3 Å². The predicted octanol–water partition coefficient (Wildman–Crippen LogP) is 5.14. The fourth-order valence-corrected chi connectivity index (χ4v) is 5.37. The number of hydrogen-bond acceptors (Lipinski definition) is 4. The summed E-state index contributed by atoms with van der Waals surface area (Å²) in [6.07, 6.45) is 4.58. The molecular formula is C22H25ClN4S. The molecule has 1 aliphatic carbocycles. The molecule has 3 N–H and O–H groups in total. The minimum absolute atomic E-state index is 0.294. The molecule has 3 aromatic rings. The van der Waals surface area contributed by atoms with Crippen molar-refractivity contribution in [3.8, 4) is 0 Å². The van der Waals surface area contributed by atoms with E-state index in [1.165, 1.54) is 28.9 Å². The highest BCUT2D eigenvalue weighted by Crippen LogP contribution is 2.51. The second-order valence-electron chi connectivity index (χ2n) is 7.81. The first kappa shape index (κ1) is 18.4. The summed E-state index contributed by atoms with van der Waals surface area (Å²) in [7, 11) is 0. The molecule has 0 radical (unpaired) electrons. The van der Waals surface area contributed by atoms with Gasteiger partial charge in [-0.05, 0) is 67.1 Å². The van der Waals surface area contributed by atoms with Gasteiger partial charge in [-0.15, -0.1) is 0 Å². The molecule has 1 aliphatic heterocycles. The van der Waals surface area contributed by atoms with Gasteiger partial charge in [-0.1, -0.05) is 23.7 Å². The fourth-order valence-electron chi connectivity index (χ4n) is 4.40. The van der Waals surface area contributed by atoms with E-state index in [1.54, 1.807) is 11.9 Å². The molecule has 2 fully saturated rings. The summed E-state index contributed by atoms with van der Waals surface area (Å²) in [5, 5.41) is 5.34. The highest BCUT2D eigenvalue weighted by atomic mass is 35.5. The molecule has 0 bridgehead atoms. The molecule has 1 saturated heterocycles. The fraction of sp³-hybridized carbons (Fsp3) is 0.364. The van der Waals surface area contributed by atoms with E-state index in [-0.39, 0.29) is 0 Å². The molecule has 1 saturated carbocycles. The highest BCUT2D eigenvalue weighted by Gasteiger charge is 2.49. The van der Waals surface area contributed by atoms with Crippen LogP contribution in [0.25, 0.3) is 10.9 Å². The maximum atomic E-state index is 6.36. The Morgan fingerprint density at radius 1 is 1.07 bits per heavy atom. The molecule has 0 unspecified atom stereocenters. The van der Waals surface area contributed by atoms with Crippen LogP contribution in [0.1, 0.15) is 24.0 Å². The number of nitrogens with zero attached hydrogens (tertiary/aromatic N) is 1. The minimum Gasteiger partial charge on any atom is -0.359 e. The molecule has 5 rings (SSSR count). The molecule has 2 aromatic carbocycles. The summed E-state index contributed by atoms with van der Waals surface area (Å²) < 4.78 is 3.49. The first-order valence-electron chi connectivity index (χ1n) is 9.93. The number of anilines is 1. The molecule has 4 nitrogen and oxygen atoms in total. The van der Waals surface area contributed by atoms with Gasteiger partial charge in [0.15, 0.2) is 0 Å². The van der Waals surface area contributed by atoms with Crippen LogP contribution in [0.4, 0.5) is 5.69 Å². The van der Waals surface area contributed by atoms with Crippen LogP contribution < -0.4 is 10.0 Å². The van der Waals surface area contributed by atoms with Crippen molar-refractivity contribution in [3.63, 3.8) is 0 Å².